The highest BCUT2D eigenvalue weighted by Crippen LogP contribution is 2.26. The van der Waals surface area contributed by atoms with E-state index < -0.39 is 0 Å². The summed E-state index contributed by atoms with van der Waals surface area (Å²) in [6.45, 7) is 7.39. The van der Waals surface area contributed by atoms with Gasteiger partial charge < -0.3 is 15.4 Å². The highest BCUT2D eigenvalue weighted by atomic mass is 16.5. The topological polar surface area (TPSA) is 33.3 Å². The van der Waals surface area contributed by atoms with Gasteiger partial charge in [0, 0.05) is 24.7 Å². The molecule has 2 unspecified atom stereocenters. The first kappa shape index (κ1) is 11.4. The third-order valence-electron chi connectivity index (χ3n) is 3.53. The molecule has 0 spiro atoms. The molecule has 0 aromatic heterocycles. The van der Waals surface area contributed by atoms with Crippen molar-refractivity contribution in [1.82, 2.24) is 10.6 Å². The van der Waals surface area contributed by atoms with Crippen molar-refractivity contribution < 1.29 is 4.74 Å². The van der Waals surface area contributed by atoms with E-state index in [0.29, 0.717) is 12.1 Å². The standard InChI is InChI=1S/C12H24N2O/c1-9-5-11(6-9)14-10(2)7-12-8-15-4-3-13-12/h9-14H,3-8H2,1-2H3. The van der Waals surface area contributed by atoms with Crippen LogP contribution in [0, 0.1) is 5.92 Å². The van der Waals surface area contributed by atoms with Crippen LogP contribution < -0.4 is 10.6 Å². The van der Waals surface area contributed by atoms with Crippen molar-refractivity contribution in [2.75, 3.05) is 19.8 Å². The lowest BCUT2D eigenvalue weighted by molar-refractivity contribution is 0.0695. The minimum atomic E-state index is 0.554. The van der Waals surface area contributed by atoms with Crippen LogP contribution in [0.3, 0.4) is 0 Å². The quantitative estimate of drug-likeness (QED) is 0.733. The lowest BCUT2D eigenvalue weighted by Crippen LogP contribution is -2.49. The normalized spacial score (nSPS) is 38.4. The third-order valence-corrected chi connectivity index (χ3v) is 3.53. The maximum Gasteiger partial charge on any atom is 0.0620 e. The average Bonchev–Trinajstić information content (AvgIpc) is 2.17. The second kappa shape index (κ2) is 5.28. The van der Waals surface area contributed by atoms with E-state index in [-0.39, 0.29) is 0 Å². The van der Waals surface area contributed by atoms with Gasteiger partial charge >= 0.3 is 0 Å². The molecule has 0 bridgehead atoms. The summed E-state index contributed by atoms with van der Waals surface area (Å²) in [4.78, 5) is 0. The molecule has 1 heterocycles. The highest BCUT2D eigenvalue weighted by molar-refractivity contribution is 4.85. The van der Waals surface area contributed by atoms with Crippen molar-refractivity contribution in [3.05, 3.63) is 0 Å². The molecule has 3 heteroatoms. The third kappa shape index (κ3) is 3.44. The van der Waals surface area contributed by atoms with E-state index in [9.17, 15) is 0 Å². The lowest BCUT2D eigenvalue weighted by Gasteiger charge is -2.37. The van der Waals surface area contributed by atoms with Crippen LogP contribution in [0.1, 0.15) is 33.1 Å². The number of nitrogens with one attached hydrogen (secondary N) is 2. The highest BCUT2D eigenvalue weighted by Gasteiger charge is 2.27. The van der Waals surface area contributed by atoms with Crippen molar-refractivity contribution in [3.8, 4) is 0 Å². The maximum absolute atomic E-state index is 5.46. The van der Waals surface area contributed by atoms with Gasteiger partial charge in [0.25, 0.3) is 0 Å². The summed E-state index contributed by atoms with van der Waals surface area (Å²) in [5.41, 5.74) is 0. The second-order valence-corrected chi connectivity index (χ2v) is 5.30. The summed E-state index contributed by atoms with van der Waals surface area (Å²) in [6.07, 6.45) is 3.91. The van der Waals surface area contributed by atoms with Gasteiger partial charge in [0.2, 0.25) is 0 Å². The Morgan fingerprint density at radius 3 is 2.87 bits per heavy atom. The number of rotatable bonds is 4. The van der Waals surface area contributed by atoms with Gasteiger partial charge in [-0.2, -0.15) is 0 Å². The van der Waals surface area contributed by atoms with Gasteiger partial charge in [-0.25, -0.2) is 0 Å². The van der Waals surface area contributed by atoms with E-state index in [1.807, 2.05) is 0 Å². The molecular weight excluding hydrogens is 188 g/mol. The molecule has 15 heavy (non-hydrogen) atoms. The summed E-state index contributed by atoms with van der Waals surface area (Å²) in [5, 5.41) is 7.20. The average molecular weight is 212 g/mol. The molecule has 1 saturated carbocycles. The van der Waals surface area contributed by atoms with Gasteiger partial charge in [0.05, 0.1) is 13.2 Å². The maximum atomic E-state index is 5.46. The lowest BCUT2D eigenvalue weighted by atomic mass is 9.81. The Balaban J connectivity index is 1.61. The Bertz CT molecular complexity index is 186. The zero-order valence-corrected chi connectivity index (χ0v) is 9.96. The van der Waals surface area contributed by atoms with Gasteiger partial charge in [-0.15, -0.1) is 0 Å². The van der Waals surface area contributed by atoms with E-state index in [0.717, 1.165) is 31.7 Å². The van der Waals surface area contributed by atoms with Gasteiger partial charge in [-0.1, -0.05) is 6.92 Å². The first-order chi connectivity index (χ1) is 7.24. The summed E-state index contributed by atoms with van der Waals surface area (Å²) < 4.78 is 5.46. The SMILES string of the molecule is CC1CC(NC(C)CC2COCCN2)C1. The van der Waals surface area contributed by atoms with E-state index in [1.54, 1.807) is 0 Å². The summed E-state index contributed by atoms with van der Waals surface area (Å²) in [5.74, 6) is 0.936. The zero-order chi connectivity index (χ0) is 10.7. The number of ether oxygens (including phenoxy) is 1. The van der Waals surface area contributed by atoms with Crippen molar-refractivity contribution in [2.24, 2.45) is 5.92 Å². The zero-order valence-electron chi connectivity index (χ0n) is 9.96. The Morgan fingerprint density at radius 1 is 1.47 bits per heavy atom. The van der Waals surface area contributed by atoms with Crippen LogP contribution >= 0.6 is 0 Å². The molecule has 1 aliphatic heterocycles. The van der Waals surface area contributed by atoms with Gasteiger partial charge in [0.15, 0.2) is 0 Å². The van der Waals surface area contributed by atoms with Crippen LogP contribution in [0.4, 0.5) is 0 Å². The van der Waals surface area contributed by atoms with Crippen molar-refractivity contribution in [3.63, 3.8) is 0 Å². The predicted molar refractivity (Wildman–Crippen MR) is 62.0 cm³/mol. The predicted octanol–water partition coefficient (Wildman–Crippen LogP) is 1.14. The fourth-order valence-electron chi connectivity index (χ4n) is 2.71. The Labute approximate surface area is 93.0 Å². The molecule has 1 aliphatic carbocycles. The summed E-state index contributed by atoms with van der Waals surface area (Å²) in [7, 11) is 0. The minimum absolute atomic E-state index is 0.554. The molecule has 3 nitrogen and oxygen atoms in total. The molecule has 2 aliphatic rings. The Kier molecular flexibility index (Phi) is 4.00. The molecule has 0 amide bonds. The van der Waals surface area contributed by atoms with Crippen LogP contribution in [-0.2, 0) is 4.74 Å². The minimum Gasteiger partial charge on any atom is -0.379 e. The molecule has 2 N–H and O–H groups in total. The smallest absolute Gasteiger partial charge is 0.0620 e. The molecule has 88 valence electrons. The summed E-state index contributed by atoms with van der Waals surface area (Å²) in [6, 6.07) is 1.94. The van der Waals surface area contributed by atoms with Crippen LogP contribution in [0.15, 0.2) is 0 Å². The molecule has 1 saturated heterocycles. The fourth-order valence-corrected chi connectivity index (χ4v) is 2.71. The fraction of sp³-hybridized carbons (Fsp3) is 1.00. The number of hydrogen-bond acceptors (Lipinski definition) is 3. The van der Waals surface area contributed by atoms with E-state index >= 15 is 0 Å². The van der Waals surface area contributed by atoms with E-state index in [2.05, 4.69) is 24.5 Å². The molecule has 0 aromatic rings. The second-order valence-electron chi connectivity index (χ2n) is 5.30. The molecule has 2 atom stereocenters. The Morgan fingerprint density at radius 2 is 2.27 bits per heavy atom. The largest absolute Gasteiger partial charge is 0.379 e. The van der Waals surface area contributed by atoms with Crippen LogP contribution in [0.25, 0.3) is 0 Å². The van der Waals surface area contributed by atoms with E-state index in [1.165, 1.54) is 19.3 Å². The van der Waals surface area contributed by atoms with Crippen LogP contribution in [0.2, 0.25) is 0 Å². The van der Waals surface area contributed by atoms with Crippen LogP contribution in [0.5, 0.6) is 0 Å². The van der Waals surface area contributed by atoms with Gasteiger partial charge in [-0.3, -0.25) is 0 Å². The number of hydrogen-bond donors (Lipinski definition) is 2. The van der Waals surface area contributed by atoms with Crippen molar-refractivity contribution in [2.45, 2.75) is 51.2 Å². The van der Waals surface area contributed by atoms with Crippen molar-refractivity contribution in [1.29, 1.82) is 0 Å². The first-order valence-electron chi connectivity index (χ1n) is 6.31. The monoisotopic (exact) mass is 212 g/mol. The number of morpholine rings is 1. The molecule has 0 radical (unpaired) electrons. The first-order valence-corrected chi connectivity index (χ1v) is 6.31. The Hall–Kier alpha value is -0.120. The van der Waals surface area contributed by atoms with Crippen molar-refractivity contribution >= 4 is 0 Å². The van der Waals surface area contributed by atoms with Gasteiger partial charge in [-0.05, 0) is 32.1 Å². The van der Waals surface area contributed by atoms with E-state index in [4.69, 9.17) is 4.74 Å². The molecule has 2 rings (SSSR count). The molecule has 2 fully saturated rings. The summed E-state index contributed by atoms with van der Waals surface area (Å²) >= 11 is 0. The van der Waals surface area contributed by atoms with Crippen LogP contribution in [-0.4, -0.2) is 37.9 Å². The molecule has 0 aromatic carbocycles. The molecular formula is C12H24N2O. The van der Waals surface area contributed by atoms with Gasteiger partial charge in [0.1, 0.15) is 0 Å².